The Morgan fingerprint density at radius 3 is 2.32 bits per heavy atom. The summed E-state index contributed by atoms with van der Waals surface area (Å²) in [7, 11) is 0. The minimum absolute atomic E-state index is 0.0261. The Bertz CT molecular complexity index is 805. The number of carbonyl (C=O) groups is 2. The van der Waals surface area contributed by atoms with Crippen molar-refractivity contribution in [1.82, 2.24) is 20.2 Å². The third-order valence-corrected chi connectivity index (χ3v) is 5.04. The number of hydrogen-bond donors (Lipinski definition) is 1. The quantitative estimate of drug-likeness (QED) is 0.831. The number of piperazine rings is 1. The number of hydrogen-bond acceptors (Lipinski definition) is 5. The van der Waals surface area contributed by atoms with Crippen LogP contribution in [0.4, 0.5) is 5.82 Å². The summed E-state index contributed by atoms with van der Waals surface area (Å²) in [6.45, 7) is 6.38. The molecular formula is C20H24ClN5O2. The van der Waals surface area contributed by atoms with Crippen molar-refractivity contribution in [2.24, 2.45) is 5.92 Å². The Morgan fingerprint density at radius 2 is 1.75 bits per heavy atom. The van der Waals surface area contributed by atoms with Gasteiger partial charge in [0.1, 0.15) is 11.9 Å². The van der Waals surface area contributed by atoms with E-state index in [9.17, 15) is 9.59 Å². The standard InChI is InChI=1S/C20H24ClN5O2/c1-14(2)18(24-19(27)15-3-5-16(21)6-4-15)20(28)26-11-9-25(10-12-26)17-13-22-7-8-23-17/h3-8,13-14,18H,9-12H2,1-2H3,(H,24,27). The molecule has 2 aromatic rings. The first-order valence-corrected chi connectivity index (χ1v) is 9.69. The SMILES string of the molecule is CC(C)C(NC(=O)c1ccc(Cl)cc1)C(=O)N1CCN(c2cnccn2)CC1. The molecule has 7 nitrogen and oxygen atoms in total. The highest BCUT2D eigenvalue weighted by molar-refractivity contribution is 6.30. The fourth-order valence-corrected chi connectivity index (χ4v) is 3.27. The summed E-state index contributed by atoms with van der Waals surface area (Å²) in [6.07, 6.45) is 5.02. The van der Waals surface area contributed by atoms with E-state index in [0.29, 0.717) is 36.8 Å². The van der Waals surface area contributed by atoms with E-state index >= 15 is 0 Å². The predicted octanol–water partition coefficient (Wildman–Crippen LogP) is 2.23. The van der Waals surface area contributed by atoms with E-state index in [2.05, 4.69) is 20.2 Å². The monoisotopic (exact) mass is 401 g/mol. The summed E-state index contributed by atoms with van der Waals surface area (Å²) in [5.41, 5.74) is 0.482. The lowest BCUT2D eigenvalue weighted by atomic mass is 10.0. The normalized spacial score (nSPS) is 15.4. The van der Waals surface area contributed by atoms with Gasteiger partial charge in [-0.05, 0) is 30.2 Å². The number of nitrogens with one attached hydrogen (secondary N) is 1. The van der Waals surface area contributed by atoms with Gasteiger partial charge in [0.25, 0.3) is 5.91 Å². The van der Waals surface area contributed by atoms with Gasteiger partial charge >= 0.3 is 0 Å². The molecule has 148 valence electrons. The molecule has 0 aliphatic carbocycles. The molecule has 1 saturated heterocycles. The van der Waals surface area contributed by atoms with Crippen molar-refractivity contribution >= 4 is 29.2 Å². The molecule has 0 bridgehead atoms. The average molecular weight is 402 g/mol. The lowest BCUT2D eigenvalue weighted by Gasteiger charge is -2.37. The van der Waals surface area contributed by atoms with Crippen LogP contribution in [-0.2, 0) is 4.79 Å². The van der Waals surface area contributed by atoms with E-state index in [1.807, 2.05) is 13.8 Å². The molecule has 1 aliphatic rings. The van der Waals surface area contributed by atoms with Crippen LogP contribution < -0.4 is 10.2 Å². The van der Waals surface area contributed by atoms with Crippen LogP contribution in [0.1, 0.15) is 24.2 Å². The molecule has 0 saturated carbocycles. The van der Waals surface area contributed by atoms with Crippen molar-refractivity contribution in [2.45, 2.75) is 19.9 Å². The molecule has 0 radical (unpaired) electrons. The second-order valence-corrected chi connectivity index (χ2v) is 7.51. The maximum absolute atomic E-state index is 13.0. The Hall–Kier alpha value is -2.67. The molecule has 1 unspecified atom stereocenters. The molecule has 8 heteroatoms. The van der Waals surface area contributed by atoms with Crippen molar-refractivity contribution in [2.75, 3.05) is 31.1 Å². The zero-order valence-corrected chi connectivity index (χ0v) is 16.8. The van der Waals surface area contributed by atoms with Crippen molar-refractivity contribution in [1.29, 1.82) is 0 Å². The van der Waals surface area contributed by atoms with Crippen LogP contribution in [0.3, 0.4) is 0 Å². The van der Waals surface area contributed by atoms with Gasteiger partial charge in [-0.15, -0.1) is 0 Å². The second kappa shape index (κ2) is 9.01. The van der Waals surface area contributed by atoms with Crippen LogP contribution in [0.25, 0.3) is 0 Å². The fourth-order valence-electron chi connectivity index (χ4n) is 3.15. The van der Waals surface area contributed by atoms with Crippen molar-refractivity contribution in [3.63, 3.8) is 0 Å². The van der Waals surface area contributed by atoms with Gasteiger partial charge in [-0.2, -0.15) is 0 Å². The molecule has 2 heterocycles. The van der Waals surface area contributed by atoms with Gasteiger partial charge in [-0.1, -0.05) is 25.4 Å². The van der Waals surface area contributed by atoms with Crippen LogP contribution in [0.2, 0.25) is 5.02 Å². The smallest absolute Gasteiger partial charge is 0.251 e. The van der Waals surface area contributed by atoms with E-state index in [4.69, 9.17) is 11.6 Å². The average Bonchev–Trinajstić information content (AvgIpc) is 2.72. The molecule has 1 aromatic heterocycles. The molecule has 1 aliphatic heterocycles. The van der Waals surface area contributed by atoms with E-state index in [-0.39, 0.29) is 17.7 Å². The largest absolute Gasteiger partial charge is 0.352 e. The zero-order chi connectivity index (χ0) is 20.1. The maximum Gasteiger partial charge on any atom is 0.251 e. The summed E-state index contributed by atoms with van der Waals surface area (Å²) in [6, 6.07) is 6.05. The molecule has 2 amide bonds. The van der Waals surface area contributed by atoms with Crippen LogP contribution in [-0.4, -0.2) is 58.9 Å². The highest BCUT2D eigenvalue weighted by Crippen LogP contribution is 2.15. The van der Waals surface area contributed by atoms with E-state index < -0.39 is 6.04 Å². The van der Waals surface area contributed by atoms with E-state index in [0.717, 1.165) is 5.82 Å². The first-order valence-electron chi connectivity index (χ1n) is 9.32. The molecule has 1 N–H and O–H groups in total. The van der Waals surface area contributed by atoms with Gasteiger partial charge in [0.05, 0.1) is 6.20 Å². The number of aromatic nitrogens is 2. The molecule has 1 atom stereocenters. The maximum atomic E-state index is 13.0. The summed E-state index contributed by atoms with van der Waals surface area (Å²) >= 11 is 5.88. The Kier molecular flexibility index (Phi) is 6.46. The number of anilines is 1. The van der Waals surface area contributed by atoms with Gasteiger partial charge in [0, 0.05) is 49.2 Å². The summed E-state index contributed by atoms with van der Waals surface area (Å²) in [4.78, 5) is 37.9. The molecule has 3 rings (SSSR count). The summed E-state index contributed by atoms with van der Waals surface area (Å²) in [5, 5.41) is 3.45. The van der Waals surface area contributed by atoms with Crippen molar-refractivity contribution < 1.29 is 9.59 Å². The summed E-state index contributed by atoms with van der Waals surface area (Å²) < 4.78 is 0. The zero-order valence-electron chi connectivity index (χ0n) is 16.0. The minimum atomic E-state index is -0.578. The minimum Gasteiger partial charge on any atom is -0.352 e. The Labute approximate surface area is 169 Å². The van der Waals surface area contributed by atoms with Crippen LogP contribution >= 0.6 is 11.6 Å². The molecule has 1 aromatic carbocycles. The fraction of sp³-hybridized carbons (Fsp3) is 0.400. The van der Waals surface area contributed by atoms with Crippen LogP contribution in [0.5, 0.6) is 0 Å². The number of amides is 2. The number of nitrogens with zero attached hydrogens (tertiary/aromatic N) is 4. The second-order valence-electron chi connectivity index (χ2n) is 7.08. The first kappa shape index (κ1) is 20.1. The lowest BCUT2D eigenvalue weighted by molar-refractivity contribution is -0.134. The number of benzene rings is 1. The number of halogens is 1. The Morgan fingerprint density at radius 1 is 1.07 bits per heavy atom. The number of carbonyl (C=O) groups excluding carboxylic acids is 2. The van der Waals surface area contributed by atoms with E-state index in [1.165, 1.54) is 0 Å². The number of rotatable bonds is 5. The lowest BCUT2D eigenvalue weighted by Crippen LogP contribution is -2.56. The van der Waals surface area contributed by atoms with Gasteiger partial charge < -0.3 is 15.1 Å². The van der Waals surface area contributed by atoms with Gasteiger partial charge in [0.15, 0.2) is 0 Å². The topological polar surface area (TPSA) is 78.4 Å². The highest BCUT2D eigenvalue weighted by Gasteiger charge is 2.31. The summed E-state index contributed by atoms with van der Waals surface area (Å²) in [5.74, 6) is 0.450. The van der Waals surface area contributed by atoms with Crippen LogP contribution in [0, 0.1) is 5.92 Å². The third kappa shape index (κ3) is 4.78. The first-order chi connectivity index (χ1) is 13.5. The third-order valence-electron chi connectivity index (χ3n) is 4.79. The van der Waals surface area contributed by atoms with Crippen molar-refractivity contribution in [3.8, 4) is 0 Å². The van der Waals surface area contributed by atoms with Gasteiger partial charge in [-0.3, -0.25) is 14.6 Å². The molecule has 1 fully saturated rings. The molecule has 28 heavy (non-hydrogen) atoms. The van der Waals surface area contributed by atoms with Gasteiger partial charge in [-0.25, -0.2) is 4.98 Å². The highest BCUT2D eigenvalue weighted by atomic mass is 35.5. The van der Waals surface area contributed by atoms with E-state index in [1.54, 1.807) is 47.8 Å². The van der Waals surface area contributed by atoms with Crippen LogP contribution in [0.15, 0.2) is 42.9 Å². The molecular weight excluding hydrogens is 378 g/mol. The predicted molar refractivity (Wildman–Crippen MR) is 108 cm³/mol. The Balaban J connectivity index is 1.62. The van der Waals surface area contributed by atoms with Crippen molar-refractivity contribution in [3.05, 3.63) is 53.4 Å². The molecule has 0 spiro atoms. The van der Waals surface area contributed by atoms with Gasteiger partial charge in [0.2, 0.25) is 5.91 Å².